The molecule has 4 N–H and O–H groups in total. The summed E-state index contributed by atoms with van der Waals surface area (Å²) in [5.74, 6) is -1.91. The lowest BCUT2D eigenvalue weighted by Crippen LogP contribution is -2.42. The summed E-state index contributed by atoms with van der Waals surface area (Å²) in [4.78, 5) is 45.8. The van der Waals surface area contributed by atoms with Crippen LogP contribution in [0.15, 0.2) is 12.1 Å². The molecule has 37 heavy (non-hydrogen) atoms. The summed E-state index contributed by atoms with van der Waals surface area (Å²) in [5.41, 5.74) is 2.02. The van der Waals surface area contributed by atoms with E-state index in [9.17, 15) is 23.9 Å². The van der Waals surface area contributed by atoms with Crippen molar-refractivity contribution in [2.45, 2.75) is 45.6 Å². The van der Waals surface area contributed by atoms with E-state index in [4.69, 9.17) is 0 Å². The van der Waals surface area contributed by atoms with Crippen LogP contribution in [0.4, 0.5) is 15.8 Å². The number of carbonyl (C=O) groups excluding carboxylic acids is 3. The third-order valence-corrected chi connectivity index (χ3v) is 7.37. The van der Waals surface area contributed by atoms with E-state index in [-0.39, 0.29) is 17.2 Å². The topological polar surface area (TPSA) is 118 Å². The number of rotatable bonds is 6. The van der Waals surface area contributed by atoms with Gasteiger partial charge in [0.25, 0.3) is 17.7 Å². The minimum Gasteiger partial charge on any atom is -0.381 e. The van der Waals surface area contributed by atoms with E-state index >= 15 is 0 Å². The number of halogens is 1. The SMILES string of the molecule is Cc1c(C=C2C(=O)Nc3cc(NC(=O)C(C)(C)O)c(F)cc32)[nH]c2c1C(=O)N(CCN1CCCC1)CC2. The van der Waals surface area contributed by atoms with Gasteiger partial charge in [-0.1, -0.05) is 0 Å². The number of fused-ring (bicyclic) bond motifs is 2. The molecule has 2 aromatic rings. The smallest absolute Gasteiger partial charge is 0.256 e. The maximum Gasteiger partial charge on any atom is 0.256 e. The van der Waals surface area contributed by atoms with Crippen LogP contribution in [0.3, 0.4) is 0 Å². The van der Waals surface area contributed by atoms with Crippen LogP contribution < -0.4 is 10.6 Å². The van der Waals surface area contributed by atoms with E-state index in [2.05, 4.69) is 20.5 Å². The third-order valence-electron chi connectivity index (χ3n) is 7.37. The molecule has 196 valence electrons. The van der Waals surface area contributed by atoms with Crippen molar-refractivity contribution >= 4 is 40.7 Å². The lowest BCUT2D eigenvalue weighted by atomic mass is 10.0. The van der Waals surface area contributed by atoms with Gasteiger partial charge in [-0.25, -0.2) is 4.39 Å². The molecule has 0 atom stereocenters. The second-order valence-corrected chi connectivity index (χ2v) is 10.5. The van der Waals surface area contributed by atoms with Crippen LogP contribution >= 0.6 is 0 Å². The number of aromatic amines is 1. The predicted octanol–water partition coefficient (Wildman–Crippen LogP) is 2.76. The van der Waals surface area contributed by atoms with Crippen LogP contribution in [0.25, 0.3) is 11.6 Å². The fraction of sp³-hybridized carbons (Fsp3) is 0.444. The molecule has 5 rings (SSSR count). The number of nitrogens with zero attached hydrogens (tertiary/aromatic N) is 2. The van der Waals surface area contributed by atoms with Gasteiger partial charge in [0.15, 0.2) is 0 Å². The average molecular weight is 510 g/mol. The van der Waals surface area contributed by atoms with Crippen molar-refractivity contribution in [3.8, 4) is 0 Å². The van der Waals surface area contributed by atoms with E-state index in [0.29, 0.717) is 42.0 Å². The molecule has 0 saturated carbocycles. The van der Waals surface area contributed by atoms with Gasteiger partial charge in [0.05, 0.1) is 22.5 Å². The van der Waals surface area contributed by atoms with Crippen LogP contribution in [0, 0.1) is 12.7 Å². The third kappa shape index (κ3) is 4.78. The maximum atomic E-state index is 14.9. The van der Waals surface area contributed by atoms with Crippen LogP contribution in [-0.4, -0.2) is 75.9 Å². The molecule has 1 fully saturated rings. The van der Waals surface area contributed by atoms with Crippen molar-refractivity contribution in [1.29, 1.82) is 0 Å². The zero-order chi connectivity index (χ0) is 26.5. The molecule has 9 nitrogen and oxygen atoms in total. The standard InChI is InChI=1S/C27H32FN5O4/c1-15-20(29-19-6-9-33(25(35)23(15)19)11-10-32-7-4-5-8-32)13-17-16-12-18(28)22(14-21(16)30-24(17)34)31-26(36)27(2,3)37/h12-14,29,37H,4-11H2,1-3H3,(H,30,34)(H,31,36). The van der Waals surface area contributed by atoms with E-state index in [1.807, 2.05) is 11.8 Å². The quantitative estimate of drug-likeness (QED) is 0.447. The molecule has 0 radical (unpaired) electrons. The molecule has 1 aromatic heterocycles. The Bertz CT molecular complexity index is 1320. The lowest BCUT2D eigenvalue weighted by Gasteiger charge is -2.29. The van der Waals surface area contributed by atoms with Crippen LogP contribution in [0.2, 0.25) is 0 Å². The van der Waals surface area contributed by atoms with Crippen LogP contribution in [-0.2, 0) is 16.0 Å². The zero-order valence-corrected chi connectivity index (χ0v) is 21.3. The highest BCUT2D eigenvalue weighted by atomic mass is 19.1. The Morgan fingerprint density at radius 2 is 1.92 bits per heavy atom. The largest absolute Gasteiger partial charge is 0.381 e. The number of benzene rings is 1. The summed E-state index contributed by atoms with van der Waals surface area (Å²) in [5, 5.41) is 14.9. The number of H-pyrrole nitrogens is 1. The van der Waals surface area contributed by atoms with Gasteiger partial charge in [0.2, 0.25) is 0 Å². The van der Waals surface area contributed by atoms with Gasteiger partial charge in [-0.05, 0) is 70.5 Å². The number of hydrogen-bond acceptors (Lipinski definition) is 5. The molecule has 1 aromatic carbocycles. The Balaban J connectivity index is 1.39. The fourth-order valence-corrected chi connectivity index (χ4v) is 5.16. The Morgan fingerprint density at radius 1 is 1.19 bits per heavy atom. The number of aliphatic hydroxyl groups is 1. The molecule has 0 unspecified atom stereocenters. The molecule has 3 amide bonds. The van der Waals surface area contributed by atoms with Gasteiger partial charge in [0, 0.05) is 43.0 Å². The summed E-state index contributed by atoms with van der Waals surface area (Å²) >= 11 is 0. The molecule has 3 aliphatic rings. The number of likely N-dealkylation sites (tertiary alicyclic amines) is 1. The molecular weight excluding hydrogens is 477 g/mol. The van der Waals surface area contributed by atoms with Gasteiger partial charge in [-0.3, -0.25) is 14.4 Å². The number of aromatic nitrogens is 1. The number of amides is 3. The summed E-state index contributed by atoms with van der Waals surface area (Å²) in [6, 6.07) is 2.52. The van der Waals surface area contributed by atoms with Gasteiger partial charge >= 0.3 is 0 Å². The Kier molecular flexibility index (Phi) is 6.41. The van der Waals surface area contributed by atoms with E-state index in [1.54, 1.807) is 6.08 Å². The highest BCUT2D eigenvalue weighted by molar-refractivity contribution is 6.35. The Labute approximate surface area is 214 Å². The normalized spacial score (nSPS) is 18.8. The fourth-order valence-electron chi connectivity index (χ4n) is 5.16. The van der Waals surface area contributed by atoms with Gasteiger partial charge in [0.1, 0.15) is 11.4 Å². The van der Waals surface area contributed by atoms with E-state index in [1.165, 1.54) is 38.8 Å². The first-order chi connectivity index (χ1) is 17.5. The second kappa shape index (κ2) is 9.42. The monoisotopic (exact) mass is 509 g/mol. The van der Waals surface area contributed by atoms with Gasteiger partial charge in [-0.15, -0.1) is 0 Å². The van der Waals surface area contributed by atoms with E-state index in [0.717, 1.165) is 30.9 Å². The van der Waals surface area contributed by atoms with Crippen molar-refractivity contribution < 1.29 is 23.9 Å². The minimum absolute atomic E-state index is 0.00615. The maximum absolute atomic E-state index is 14.9. The Morgan fingerprint density at radius 3 is 2.62 bits per heavy atom. The zero-order valence-electron chi connectivity index (χ0n) is 21.3. The predicted molar refractivity (Wildman–Crippen MR) is 139 cm³/mol. The molecule has 3 aliphatic heterocycles. The first-order valence-corrected chi connectivity index (χ1v) is 12.7. The first kappa shape index (κ1) is 25.2. The molecule has 1 saturated heterocycles. The van der Waals surface area contributed by atoms with Crippen molar-refractivity contribution in [3.05, 3.63) is 46.0 Å². The molecule has 10 heteroatoms. The minimum atomic E-state index is -1.69. The van der Waals surface area contributed by atoms with E-state index < -0.39 is 23.2 Å². The number of nitrogens with one attached hydrogen (secondary N) is 3. The summed E-state index contributed by atoms with van der Waals surface area (Å²) in [7, 11) is 0. The number of carbonyl (C=O) groups is 3. The van der Waals surface area contributed by atoms with Gasteiger partial charge in [-0.2, -0.15) is 0 Å². The molecule has 0 bridgehead atoms. The molecule has 0 aliphatic carbocycles. The average Bonchev–Trinajstić information content (AvgIpc) is 3.53. The molecular formula is C27H32FN5O4. The molecule has 0 spiro atoms. The number of hydrogen-bond donors (Lipinski definition) is 4. The van der Waals surface area contributed by atoms with Crippen molar-refractivity contribution in [3.63, 3.8) is 0 Å². The summed E-state index contributed by atoms with van der Waals surface area (Å²) in [6.45, 7) is 8.84. The van der Waals surface area contributed by atoms with Crippen molar-refractivity contribution in [2.24, 2.45) is 0 Å². The highest BCUT2D eigenvalue weighted by Crippen LogP contribution is 2.37. The van der Waals surface area contributed by atoms with Crippen molar-refractivity contribution in [1.82, 2.24) is 14.8 Å². The first-order valence-electron chi connectivity index (χ1n) is 12.7. The van der Waals surface area contributed by atoms with Gasteiger partial charge < -0.3 is 30.5 Å². The summed E-state index contributed by atoms with van der Waals surface area (Å²) in [6.07, 6.45) is 4.77. The lowest BCUT2D eigenvalue weighted by molar-refractivity contribution is -0.130. The van der Waals surface area contributed by atoms with Crippen LogP contribution in [0.5, 0.6) is 0 Å². The van der Waals surface area contributed by atoms with Crippen molar-refractivity contribution in [2.75, 3.05) is 43.4 Å². The number of anilines is 2. The van der Waals surface area contributed by atoms with Crippen LogP contribution in [0.1, 0.15) is 59.6 Å². The highest BCUT2D eigenvalue weighted by Gasteiger charge is 2.32. The Hall–Kier alpha value is -3.50. The summed E-state index contributed by atoms with van der Waals surface area (Å²) < 4.78 is 14.9. The molecule has 4 heterocycles. The second-order valence-electron chi connectivity index (χ2n) is 10.5.